The molecule has 0 aromatic carbocycles. The predicted molar refractivity (Wildman–Crippen MR) is 125 cm³/mol. The predicted octanol–water partition coefficient (Wildman–Crippen LogP) is 3.52. The molecule has 1 aliphatic heterocycles. The number of nitrogens with one attached hydrogen (secondary N) is 2. The Balaban J connectivity index is 1.95. The molecular formula is C22H27ClF3N5O4. The van der Waals surface area contributed by atoms with E-state index in [-0.39, 0.29) is 73.0 Å². The largest absolute Gasteiger partial charge is 0.572 e. The van der Waals surface area contributed by atoms with Gasteiger partial charge in [0.2, 0.25) is 0 Å². The maximum atomic E-state index is 13.0. The number of rotatable bonds is 11. The number of allylic oxidation sites excluding steroid dienone is 4. The number of nitrogens with zero attached hydrogens (tertiary/aromatic N) is 3. The number of halogens is 4. The lowest BCUT2D eigenvalue weighted by Gasteiger charge is -2.19. The molecular weight excluding hydrogens is 491 g/mol. The van der Waals surface area contributed by atoms with Gasteiger partial charge in [0.05, 0.1) is 18.0 Å². The van der Waals surface area contributed by atoms with Crippen molar-refractivity contribution >= 4 is 29.5 Å². The van der Waals surface area contributed by atoms with Crippen molar-refractivity contribution < 1.29 is 32.5 Å². The van der Waals surface area contributed by atoms with Crippen LogP contribution in [-0.2, 0) is 11.3 Å². The first-order valence-corrected chi connectivity index (χ1v) is 11.6. The molecule has 1 aliphatic carbocycles. The molecule has 0 fully saturated rings. The van der Waals surface area contributed by atoms with Crippen LogP contribution in [0.2, 0.25) is 0 Å². The summed E-state index contributed by atoms with van der Waals surface area (Å²) in [6.45, 7) is 2.60. The number of imidazole rings is 1. The molecule has 2 heterocycles. The first-order valence-electron chi connectivity index (χ1n) is 11.1. The standard InChI is InChI=1S/C22H27ClF3N5O4/c1-2-27-19-18(20(33)28-9-4-10-32)31(13-15-8-7-14(23)12-29-15)21(30-19)34-16-5-3-6-17(11-16)35-22(24,25)26/h5,7-8,11-12,14-15,27,32H,2-4,6,9-10,13H2,1H3,(H,28,33). The van der Waals surface area contributed by atoms with E-state index >= 15 is 0 Å². The number of amides is 1. The third-order valence-corrected chi connectivity index (χ3v) is 5.17. The zero-order valence-electron chi connectivity index (χ0n) is 19.0. The Morgan fingerprint density at radius 3 is 2.83 bits per heavy atom. The highest BCUT2D eigenvalue weighted by Crippen LogP contribution is 2.30. The molecule has 1 amide bonds. The van der Waals surface area contributed by atoms with Crippen molar-refractivity contribution in [2.45, 2.75) is 50.5 Å². The summed E-state index contributed by atoms with van der Waals surface area (Å²) in [4.78, 5) is 21.8. The SMILES string of the molecule is CCNc1nc(OC2=CCCC(OC(F)(F)F)=C2)n(CC2C=CC(Cl)C=N2)c1C(=O)NCCCO. The maximum Gasteiger partial charge on any atom is 0.572 e. The molecule has 0 bridgehead atoms. The fourth-order valence-electron chi connectivity index (χ4n) is 3.44. The zero-order chi connectivity index (χ0) is 25.4. The monoisotopic (exact) mass is 517 g/mol. The minimum Gasteiger partial charge on any atom is -0.426 e. The molecule has 0 radical (unpaired) electrons. The summed E-state index contributed by atoms with van der Waals surface area (Å²) >= 11 is 6.02. The van der Waals surface area contributed by atoms with Gasteiger partial charge < -0.3 is 25.2 Å². The van der Waals surface area contributed by atoms with E-state index in [1.165, 1.54) is 4.57 Å². The van der Waals surface area contributed by atoms with Crippen LogP contribution in [0, 0.1) is 0 Å². The van der Waals surface area contributed by atoms with Crippen molar-refractivity contribution in [3.63, 3.8) is 0 Å². The van der Waals surface area contributed by atoms with Crippen LogP contribution in [0.4, 0.5) is 19.0 Å². The Kier molecular flexibility index (Phi) is 9.21. The van der Waals surface area contributed by atoms with Gasteiger partial charge in [-0.15, -0.1) is 24.8 Å². The van der Waals surface area contributed by atoms with Crippen molar-refractivity contribution in [3.8, 4) is 6.01 Å². The normalized spacial score (nSPS) is 19.7. The van der Waals surface area contributed by atoms with Gasteiger partial charge in [-0.2, -0.15) is 4.98 Å². The van der Waals surface area contributed by atoms with Crippen LogP contribution in [-0.4, -0.2) is 64.3 Å². The lowest BCUT2D eigenvalue weighted by Crippen LogP contribution is -2.30. The van der Waals surface area contributed by atoms with Gasteiger partial charge in [0, 0.05) is 38.4 Å². The van der Waals surface area contributed by atoms with E-state index in [0.29, 0.717) is 13.0 Å². The minimum absolute atomic E-state index is 0.000568. The van der Waals surface area contributed by atoms with Gasteiger partial charge in [0.25, 0.3) is 5.91 Å². The number of anilines is 1. The van der Waals surface area contributed by atoms with E-state index in [2.05, 4.69) is 25.3 Å². The van der Waals surface area contributed by atoms with E-state index in [1.807, 2.05) is 6.92 Å². The van der Waals surface area contributed by atoms with Crippen molar-refractivity contribution in [1.82, 2.24) is 14.9 Å². The van der Waals surface area contributed by atoms with E-state index in [4.69, 9.17) is 21.4 Å². The van der Waals surface area contributed by atoms with Gasteiger partial charge in [-0.25, -0.2) is 0 Å². The lowest BCUT2D eigenvalue weighted by atomic mass is 10.1. The number of aliphatic imine (C=N–C) groups is 1. The van der Waals surface area contributed by atoms with Gasteiger partial charge in [-0.1, -0.05) is 12.2 Å². The average Bonchev–Trinajstić information content (AvgIpc) is 3.11. The number of carbonyl (C=O) groups is 1. The first kappa shape index (κ1) is 26.6. The Labute approximate surface area is 205 Å². The number of alkyl halides is 4. The maximum absolute atomic E-state index is 13.0. The highest BCUT2D eigenvalue weighted by atomic mass is 35.5. The van der Waals surface area contributed by atoms with Crippen LogP contribution in [0.5, 0.6) is 6.01 Å². The summed E-state index contributed by atoms with van der Waals surface area (Å²) < 4.78 is 49.4. The van der Waals surface area contributed by atoms with Gasteiger partial charge in [-0.3, -0.25) is 14.4 Å². The molecule has 0 spiro atoms. The second-order valence-corrected chi connectivity index (χ2v) is 8.17. The third-order valence-electron chi connectivity index (χ3n) is 4.91. The Hall–Kier alpha value is -2.99. The van der Waals surface area contributed by atoms with Crippen LogP contribution in [0.15, 0.2) is 40.8 Å². The summed E-state index contributed by atoms with van der Waals surface area (Å²) in [7, 11) is 0. The molecule has 2 aliphatic rings. The summed E-state index contributed by atoms with van der Waals surface area (Å²) in [5.41, 5.74) is 0.170. The Bertz CT molecular complexity index is 1010. The fraction of sp³-hybridized carbons (Fsp3) is 0.500. The molecule has 3 N–H and O–H groups in total. The van der Waals surface area contributed by atoms with Crippen molar-refractivity contribution in [1.29, 1.82) is 0 Å². The summed E-state index contributed by atoms with van der Waals surface area (Å²) in [5.74, 6) is -0.379. The number of aromatic nitrogens is 2. The number of aliphatic hydroxyl groups is 1. The molecule has 2 unspecified atom stereocenters. The molecule has 1 aromatic rings. The molecule has 1 aromatic heterocycles. The van der Waals surface area contributed by atoms with Crippen LogP contribution in [0.25, 0.3) is 0 Å². The third kappa shape index (κ3) is 7.76. The number of hydrogen-bond acceptors (Lipinski definition) is 7. The summed E-state index contributed by atoms with van der Waals surface area (Å²) in [5, 5.41) is 14.4. The number of ether oxygens (including phenoxy) is 2. The first-order chi connectivity index (χ1) is 16.7. The molecule has 35 heavy (non-hydrogen) atoms. The Morgan fingerprint density at radius 1 is 1.37 bits per heavy atom. The quantitative estimate of drug-likeness (QED) is 0.235. The van der Waals surface area contributed by atoms with Gasteiger partial charge in [0.1, 0.15) is 11.5 Å². The molecule has 192 valence electrons. The van der Waals surface area contributed by atoms with E-state index in [0.717, 1.165) is 6.08 Å². The average molecular weight is 518 g/mol. The number of aliphatic hydroxyl groups excluding tert-OH is 1. The van der Waals surface area contributed by atoms with E-state index in [9.17, 15) is 18.0 Å². The number of dihydropyridines is 1. The summed E-state index contributed by atoms with van der Waals surface area (Å²) in [6.07, 6.45) is 3.80. The second-order valence-electron chi connectivity index (χ2n) is 7.67. The van der Waals surface area contributed by atoms with E-state index < -0.39 is 12.3 Å². The molecule has 2 atom stereocenters. The molecule has 9 nitrogen and oxygen atoms in total. The van der Waals surface area contributed by atoms with Crippen LogP contribution in [0.3, 0.4) is 0 Å². The summed E-state index contributed by atoms with van der Waals surface area (Å²) in [6, 6.07) is -0.374. The number of carbonyl (C=O) groups excluding carboxylic acids is 1. The number of hydrogen-bond donors (Lipinski definition) is 3. The van der Waals surface area contributed by atoms with Crippen molar-refractivity contribution in [2.24, 2.45) is 4.99 Å². The second kappa shape index (κ2) is 12.1. The van der Waals surface area contributed by atoms with E-state index in [1.54, 1.807) is 24.4 Å². The topological polar surface area (TPSA) is 110 Å². The van der Waals surface area contributed by atoms with Crippen molar-refractivity contribution in [2.75, 3.05) is 25.0 Å². The van der Waals surface area contributed by atoms with Gasteiger partial charge >= 0.3 is 12.4 Å². The zero-order valence-corrected chi connectivity index (χ0v) is 19.8. The van der Waals surface area contributed by atoms with Gasteiger partial charge in [0.15, 0.2) is 11.5 Å². The smallest absolute Gasteiger partial charge is 0.426 e. The van der Waals surface area contributed by atoms with Crippen LogP contribution in [0.1, 0.15) is 36.7 Å². The van der Waals surface area contributed by atoms with Crippen LogP contribution >= 0.6 is 11.6 Å². The molecule has 0 saturated carbocycles. The lowest BCUT2D eigenvalue weighted by molar-refractivity contribution is -0.306. The minimum atomic E-state index is -4.81. The molecule has 13 heteroatoms. The van der Waals surface area contributed by atoms with Gasteiger partial charge in [-0.05, 0) is 25.8 Å². The van der Waals surface area contributed by atoms with Crippen LogP contribution < -0.4 is 15.4 Å². The molecule has 3 rings (SSSR count). The highest BCUT2D eigenvalue weighted by Gasteiger charge is 2.33. The fourth-order valence-corrected chi connectivity index (χ4v) is 3.59. The molecule has 0 saturated heterocycles. The Morgan fingerprint density at radius 2 is 2.17 bits per heavy atom. The highest BCUT2D eigenvalue weighted by molar-refractivity contribution is 6.29. The van der Waals surface area contributed by atoms with Crippen molar-refractivity contribution in [3.05, 3.63) is 41.5 Å².